The SMILES string of the molecule is CC(CO)CNC(=O)c1cnccn1. The number of hydrogen-bond donors (Lipinski definition) is 2. The van der Waals surface area contributed by atoms with Crippen LogP contribution >= 0.6 is 0 Å². The van der Waals surface area contributed by atoms with E-state index in [9.17, 15) is 4.79 Å². The molecule has 0 aliphatic carbocycles. The highest BCUT2D eigenvalue weighted by Crippen LogP contribution is 1.92. The maximum absolute atomic E-state index is 11.4. The molecule has 0 fully saturated rings. The third-order valence-electron chi connectivity index (χ3n) is 1.72. The largest absolute Gasteiger partial charge is 0.396 e. The van der Waals surface area contributed by atoms with Crippen LogP contribution in [-0.2, 0) is 0 Å². The standard InChI is InChI=1S/C9H13N3O2/c1-7(6-13)4-12-9(14)8-5-10-2-3-11-8/h2-3,5,7,13H,4,6H2,1H3,(H,12,14). The zero-order valence-corrected chi connectivity index (χ0v) is 7.97. The summed E-state index contributed by atoms with van der Waals surface area (Å²) in [7, 11) is 0. The van der Waals surface area contributed by atoms with E-state index < -0.39 is 0 Å². The number of aliphatic hydroxyl groups excluding tert-OH is 1. The summed E-state index contributed by atoms with van der Waals surface area (Å²) in [6, 6.07) is 0. The number of amides is 1. The van der Waals surface area contributed by atoms with Gasteiger partial charge in [0.05, 0.1) is 6.20 Å². The minimum absolute atomic E-state index is 0.0515. The molecule has 5 nitrogen and oxygen atoms in total. The Morgan fingerprint density at radius 2 is 2.43 bits per heavy atom. The van der Waals surface area contributed by atoms with Crippen LogP contribution in [-0.4, -0.2) is 34.1 Å². The zero-order valence-electron chi connectivity index (χ0n) is 7.97. The second-order valence-electron chi connectivity index (χ2n) is 3.09. The number of aromatic nitrogens is 2. The Hall–Kier alpha value is -1.49. The molecule has 0 aromatic carbocycles. The Labute approximate surface area is 82.2 Å². The van der Waals surface area contributed by atoms with Crippen molar-refractivity contribution in [3.8, 4) is 0 Å². The molecule has 0 aliphatic rings. The molecule has 5 heteroatoms. The van der Waals surface area contributed by atoms with Gasteiger partial charge in [0.15, 0.2) is 0 Å². The fourth-order valence-corrected chi connectivity index (χ4v) is 0.838. The molecule has 2 N–H and O–H groups in total. The summed E-state index contributed by atoms with van der Waals surface area (Å²) in [6.07, 6.45) is 4.37. The van der Waals surface area contributed by atoms with Crippen molar-refractivity contribution in [2.45, 2.75) is 6.92 Å². The highest BCUT2D eigenvalue weighted by Gasteiger charge is 2.07. The molecule has 14 heavy (non-hydrogen) atoms. The van der Waals surface area contributed by atoms with Gasteiger partial charge in [-0.05, 0) is 5.92 Å². The maximum Gasteiger partial charge on any atom is 0.271 e. The van der Waals surface area contributed by atoms with Crippen molar-refractivity contribution in [1.29, 1.82) is 0 Å². The second kappa shape index (κ2) is 5.29. The van der Waals surface area contributed by atoms with Crippen molar-refractivity contribution in [2.24, 2.45) is 5.92 Å². The first-order valence-electron chi connectivity index (χ1n) is 4.39. The number of aliphatic hydroxyl groups is 1. The summed E-state index contributed by atoms with van der Waals surface area (Å²) in [5.41, 5.74) is 0.289. The lowest BCUT2D eigenvalue weighted by molar-refractivity contribution is 0.0937. The fourth-order valence-electron chi connectivity index (χ4n) is 0.838. The number of carbonyl (C=O) groups excluding carboxylic acids is 1. The third-order valence-corrected chi connectivity index (χ3v) is 1.72. The van der Waals surface area contributed by atoms with E-state index in [2.05, 4.69) is 15.3 Å². The summed E-state index contributed by atoms with van der Waals surface area (Å²) >= 11 is 0. The molecule has 1 heterocycles. The van der Waals surface area contributed by atoms with Gasteiger partial charge in [-0.25, -0.2) is 4.98 Å². The first-order chi connectivity index (χ1) is 6.74. The van der Waals surface area contributed by atoms with E-state index in [1.807, 2.05) is 6.92 Å². The Morgan fingerprint density at radius 1 is 1.64 bits per heavy atom. The van der Waals surface area contributed by atoms with Gasteiger partial charge in [-0.1, -0.05) is 6.92 Å². The van der Waals surface area contributed by atoms with Crippen LogP contribution < -0.4 is 5.32 Å². The fraction of sp³-hybridized carbons (Fsp3) is 0.444. The Kier molecular flexibility index (Phi) is 4.00. The average Bonchev–Trinajstić information content (AvgIpc) is 2.26. The topological polar surface area (TPSA) is 75.1 Å². The first kappa shape index (κ1) is 10.6. The highest BCUT2D eigenvalue weighted by molar-refractivity contribution is 5.91. The number of nitrogens with zero attached hydrogens (tertiary/aromatic N) is 2. The van der Waals surface area contributed by atoms with Gasteiger partial charge in [0.2, 0.25) is 0 Å². The summed E-state index contributed by atoms with van der Waals surface area (Å²) < 4.78 is 0. The van der Waals surface area contributed by atoms with Gasteiger partial charge < -0.3 is 10.4 Å². The number of rotatable bonds is 4. The van der Waals surface area contributed by atoms with Crippen LogP contribution in [0.15, 0.2) is 18.6 Å². The van der Waals surface area contributed by atoms with Crippen LogP contribution in [0.3, 0.4) is 0 Å². The minimum atomic E-state index is -0.265. The van der Waals surface area contributed by atoms with Crippen molar-refractivity contribution < 1.29 is 9.90 Å². The normalized spacial score (nSPS) is 12.1. The molecular formula is C9H13N3O2. The van der Waals surface area contributed by atoms with Crippen molar-refractivity contribution in [1.82, 2.24) is 15.3 Å². The van der Waals surface area contributed by atoms with E-state index in [0.717, 1.165) is 0 Å². The van der Waals surface area contributed by atoms with Crippen LogP contribution in [0.5, 0.6) is 0 Å². The van der Waals surface area contributed by atoms with Gasteiger partial charge in [0, 0.05) is 25.5 Å². The van der Waals surface area contributed by atoms with E-state index in [1.165, 1.54) is 18.6 Å². The molecule has 1 rings (SSSR count). The van der Waals surface area contributed by atoms with Crippen LogP contribution in [0.1, 0.15) is 17.4 Å². The summed E-state index contributed by atoms with van der Waals surface area (Å²) in [6.45, 7) is 2.34. The molecule has 0 saturated heterocycles. The predicted octanol–water partition coefficient (Wildman–Crippen LogP) is -0.165. The lowest BCUT2D eigenvalue weighted by atomic mass is 10.2. The Bertz CT molecular complexity index is 289. The number of hydrogen-bond acceptors (Lipinski definition) is 4. The smallest absolute Gasteiger partial charge is 0.271 e. The summed E-state index contributed by atoms with van der Waals surface area (Å²) in [5.74, 6) is -0.214. The molecule has 1 amide bonds. The van der Waals surface area contributed by atoms with Crippen molar-refractivity contribution in [3.63, 3.8) is 0 Å². The third kappa shape index (κ3) is 3.10. The van der Waals surface area contributed by atoms with Crippen molar-refractivity contribution in [3.05, 3.63) is 24.3 Å². The molecule has 1 atom stereocenters. The van der Waals surface area contributed by atoms with Crippen molar-refractivity contribution in [2.75, 3.05) is 13.2 Å². The molecule has 1 unspecified atom stereocenters. The molecule has 1 aromatic rings. The molecule has 0 bridgehead atoms. The van der Waals surface area contributed by atoms with Crippen LogP contribution in [0.2, 0.25) is 0 Å². The van der Waals surface area contributed by atoms with E-state index in [0.29, 0.717) is 6.54 Å². The molecule has 76 valence electrons. The van der Waals surface area contributed by atoms with Crippen LogP contribution in [0, 0.1) is 5.92 Å². The average molecular weight is 195 g/mol. The Balaban J connectivity index is 2.44. The van der Waals surface area contributed by atoms with E-state index >= 15 is 0 Å². The van der Waals surface area contributed by atoms with E-state index in [-0.39, 0.29) is 24.1 Å². The lowest BCUT2D eigenvalue weighted by Gasteiger charge is -2.08. The van der Waals surface area contributed by atoms with Gasteiger partial charge >= 0.3 is 0 Å². The summed E-state index contributed by atoms with van der Waals surface area (Å²) in [5, 5.41) is 11.4. The monoisotopic (exact) mass is 195 g/mol. The number of carbonyl (C=O) groups is 1. The molecule has 0 radical (unpaired) electrons. The summed E-state index contributed by atoms with van der Waals surface area (Å²) in [4.78, 5) is 19.0. The van der Waals surface area contributed by atoms with Crippen LogP contribution in [0.4, 0.5) is 0 Å². The maximum atomic E-state index is 11.4. The van der Waals surface area contributed by atoms with Crippen molar-refractivity contribution >= 4 is 5.91 Å². The van der Waals surface area contributed by atoms with E-state index in [1.54, 1.807) is 0 Å². The van der Waals surface area contributed by atoms with Gasteiger partial charge in [0.25, 0.3) is 5.91 Å². The van der Waals surface area contributed by atoms with Gasteiger partial charge in [-0.2, -0.15) is 0 Å². The zero-order chi connectivity index (χ0) is 10.4. The Morgan fingerprint density at radius 3 is 3.00 bits per heavy atom. The molecule has 1 aromatic heterocycles. The predicted molar refractivity (Wildman–Crippen MR) is 50.6 cm³/mol. The molecule has 0 saturated carbocycles. The van der Waals surface area contributed by atoms with Gasteiger partial charge in [-0.15, -0.1) is 0 Å². The lowest BCUT2D eigenvalue weighted by Crippen LogP contribution is -2.30. The quantitative estimate of drug-likeness (QED) is 0.699. The van der Waals surface area contributed by atoms with Gasteiger partial charge in [0.1, 0.15) is 5.69 Å². The minimum Gasteiger partial charge on any atom is -0.396 e. The van der Waals surface area contributed by atoms with E-state index in [4.69, 9.17) is 5.11 Å². The molecule has 0 aliphatic heterocycles. The molecular weight excluding hydrogens is 182 g/mol. The highest BCUT2D eigenvalue weighted by atomic mass is 16.3. The number of nitrogens with one attached hydrogen (secondary N) is 1. The van der Waals surface area contributed by atoms with Crippen LogP contribution in [0.25, 0.3) is 0 Å². The second-order valence-corrected chi connectivity index (χ2v) is 3.09. The van der Waals surface area contributed by atoms with Gasteiger partial charge in [-0.3, -0.25) is 9.78 Å². The molecule has 0 spiro atoms. The first-order valence-corrected chi connectivity index (χ1v) is 4.39.